The quantitative estimate of drug-likeness (QED) is 0.709. The van der Waals surface area contributed by atoms with E-state index >= 15 is 0 Å². The van der Waals surface area contributed by atoms with Crippen molar-refractivity contribution in [2.45, 2.75) is 44.7 Å². The summed E-state index contributed by atoms with van der Waals surface area (Å²) >= 11 is 0. The summed E-state index contributed by atoms with van der Waals surface area (Å²) in [6, 6.07) is 0.598. The van der Waals surface area contributed by atoms with Crippen molar-refractivity contribution in [2.75, 3.05) is 13.1 Å². The Morgan fingerprint density at radius 3 is 2.93 bits per heavy atom. The minimum absolute atomic E-state index is 0.114. The molecule has 1 heterocycles. The first kappa shape index (κ1) is 10.7. The predicted molar refractivity (Wildman–Crippen MR) is 60.6 cm³/mol. The standard InChI is InChI=1S/C12H20N2O/c1-2-14(10-6-4-3-5-7-10)11-8-9-13-12(11)15/h4,6,10-11H,2-3,5,7-9H2,1H3,(H,13,15)/t10-,11+/m0/s1. The van der Waals surface area contributed by atoms with Gasteiger partial charge in [0, 0.05) is 12.6 Å². The number of nitrogens with one attached hydrogen (secondary N) is 1. The highest BCUT2D eigenvalue weighted by molar-refractivity contribution is 5.83. The fraction of sp³-hybridized carbons (Fsp3) is 0.750. The number of hydrogen-bond donors (Lipinski definition) is 1. The second-order valence-electron chi connectivity index (χ2n) is 4.35. The molecule has 2 rings (SSSR count). The number of carbonyl (C=O) groups excluding carboxylic acids is 1. The van der Waals surface area contributed by atoms with Crippen molar-refractivity contribution in [3.63, 3.8) is 0 Å². The third kappa shape index (κ3) is 2.23. The predicted octanol–water partition coefficient (Wildman–Crippen LogP) is 1.31. The van der Waals surface area contributed by atoms with Gasteiger partial charge in [-0.3, -0.25) is 9.69 Å². The third-order valence-corrected chi connectivity index (χ3v) is 3.44. The zero-order chi connectivity index (χ0) is 10.7. The number of nitrogens with zero attached hydrogens (tertiary/aromatic N) is 1. The zero-order valence-electron chi connectivity index (χ0n) is 9.41. The SMILES string of the molecule is CCN([C@@H]1CCNC1=O)[C@H]1C=CCCC1. The Morgan fingerprint density at radius 2 is 2.40 bits per heavy atom. The minimum Gasteiger partial charge on any atom is -0.355 e. The molecule has 0 aromatic rings. The molecule has 1 aliphatic carbocycles. The van der Waals surface area contributed by atoms with E-state index in [1.165, 1.54) is 19.3 Å². The molecule has 2 atom stereocenters. The highest BCUT2D eigenvalue weighted by Gasteiger charge is 2.32. The Bertz CT molecular complexity index is 262. The molecule has 3 nitrogen and oxygen atoms in total. The van der Waals surface area contributed by atoms with Crippen LogP contribution in [0, 0.1) is 0 Å². The van der Waals surface area contributed by atoms with Crippen LogP contribution in [0.25, 0.3) is 0 Å². The van der Waals surface area contributed by atoms with E-state index < -0.39 is 0 Å². The number of likely N-dealkylation sites (N-methyl/N-ethyl adjacent to an activating group) is 1. The molecule has 2 aliphatic rings. The van der Waals surface area contributed by atoms with Crippen molar-refractivity contribution in [3.05, 3.63) is 12.2 Å². The average molecular weight is 208 g/mol. The van der Waals surface area contributed by atoms with Crippen LogP contribution in [0.4, 0.5) is 0 Å². The smallest absolute Gasteiger partial charge is 0.237 e. The second-order valence-corrected chi connectivity index (χ2v) is 4.35. The summed E-state index contributed by atoms with van der Waals surface area (Å²) in [7, 11) is 0. The van der Waals surface area contributed by atoms with Gasteiger partial charge in [0.15, 0.2) is 0 Å². The zero-order valence-corrected chi connectivity index (χ0v) is 9.41. The number of carbonyl (C=O) groups is 1. The van der Waals surface area contributed by atoms with E-state index in [0.29, 0.717) is 6.04 Å². The topological polar surface area (TPSA) is 32.3 Å². The van der Waals surface area contributed by atoms with Crippen LogP contribution < -0.4 is 5.32 Å². The lowest BCUT2D eigenvalue weighted by Crippen LogP contribution is -2.46. The Morgan fingerprint density at radius 1 is 1.53 bits per heavy atom. The van der Waals surface area contributed by atoms with Gasteiger partial charge in [-0.2, -0.15) is 0 Å². The van der Waals surface area contributed by atoms with Gasteiger partial charge in [0.05, 0.1) is 6.04 Å². The fourth-order valence-corrected chi connectivity index (χ4v) is 2.65. The first-order valence-electron chi connectivity index (χ1n) is 6.03. The summed E-state index contributed by atoms with van der Waals surface area (Å²) in [6.07, 6.45) is 9.16. The van der Waals surface area contributed by atoms with Crippen molar-refractivity contribution < 1.29 is 4.79 Å². The van der Waals surface area contributed by atoms with Crippen molar-refractivity contribution in [1.29, 1.82) is 0 Å². The van der Waals surface area contributed by atoms with Gasteiger partial charge in [0.2, 0.25) is 5.91 Å². The Hall–Kier alpha value is -0.830. The van der Waals surface area contributed by atoms with Crippen LogP contribution in [0.15, 0.2) is 12.2 Å². The first-order valence-corrected chi connectivity index (χ1v) is 6.03. The monoisotopic (exact) mass is 208 g/mol. The maximum atomic E-state index is 11.6. The van der Waals surface area contributed by atoms with Gasteiger partial charge in [-0.25, -0.2) is 0 Å². The van der Waals surface area contributed by atoms with Crippen molar-refractivity contribution in [1.82, 2.24) is 10.2 Å². The molecule has 0 spiro atoms. The molecular formula is C12H20N2O. The van der Waals surface area contributed by atoms with Crippen LogP contribution in [0.3, 0.4) is 0 Å². The average Bonchev–Trinajstić information content (AvgIpc) is 2.68. The number of hydrogen-bond acceptors (Lipinski definition) is 2. The molecule has 1 saturated heterocycles. The van der Waals surface area contributed by atoms with E-state index in [2.05, 4.69) is 29.3 Å². The van der Waals surface area contributed by atoms with E-state index in [9.17, 15) is 4.79 Å². The normalized spacial score (nSPS) is 30.9. The fourth-order valence-electron chi connectivity index (χ4n) is 2.65. The van der Waals surface area contributed by atoms with Gasteiger partial charge in [-0.1, -0.05) is 19.1 Å². The molecule has 1 fully saturated rings. The number of amides is 1. The van der Waals surface area contributed by atoms with Gasteiger partial charge in [-0.15, -0.1) is 0 Å². The van der Waals surface area contributed by atoms with E-state index in [-0.39, 0.29) is 11.9 Å². The van der Waals surface area contributed by atoms with Gasteiger partial charge >= 0.3 is 0 Å². The highest BCUT2D eigenvalue weighted by Crippen LogP contribution is 2.21. The summed E-state index contributed by atoms with van der Waals surface area (Å²) in [5, 5.41) is 2.92. The molecule has 0 aromatic carbocycles. The maximum absolute atomic E-state index is 11.6. The van der Waals surface area contributed by atoms with Crippen LogP contribution in [-0.2, 0) is 4.79 Å². The summed E-state index contributed by atoms with van der Waals surface area (Å²) in [5.74, 6) is 0.218. The molecule has 0 aromatic heterocycles. The van der Waals surface area contributed by atoms with Crippen LogP contribution >= 0.6 is 0 Å². The molecule has 1 N–H and O–H groups in total. The molecule has 0 saturated carbocycles. The number of rotatable bonds is 3. The van der Waals surface area contributed by atoms with Crippen molar-refractivity contribution in [3.8, 4) is 0 Å². The molecule has 0 unspecified atom stereocenters. The van der Waals surface area contributed by atoms with Gasteiger partial charge < -0.3 is 5.32 Å². The van der Waals surface area contributed by atoms with Gasteiger partial charge in [0.1, 0.15) is 0 Å². The highest BCUT2D eigenvalue weighted by atomic mass is 16.2. The minimum atomic E-state index is 0.114. The molecule has 1 amide bonds. The summed E-state index contributed by atoms with van der Waals surface area (Å²) in [5.41, 5.74) is 0. The Kier molecular flexibility index (Phi) is 3.41. The lowest BCUT2D eigenvalue weighted by atomic mass is 9.99. The molecule has 0 bridgehead atoms. The van der Waals surface area contributed by atoms with Crippen LogP contribution in [0.5, 0.6) is 0 Å². The third-order valence-electron chi connectivity index (χ3n) is 3.44. The van der Waals surface area contributed by atoms with Gasteiger partial charge in [0.25, 0.3) is 0 Å². The van der Waals surface area contributed by atoms with Crippen molar-refractivity contribution >= 4 is 5.91 Å². The van der Waals surface area contributed by atoms with E-state index in [0.717, 1.165) is 19.5 Å². The molecule has 0 radical (unpaired) electrons. The summed E-state index contributed by atoms with van der Waals surface area (Å²) in [6.45, 7) is 3.96. The van der Waals surface area contributed by atoms with E-state index in [4.69, 9.17) is 0 Å². The summed E-state index contributed by atoms with van der Waals surface area (Å²) in [4.78, 5) is 14.0. The van der Waals surface area contributed by atoms with Gasteiger partial charge in [-0.05, 0) is 32.2 Å². The van der Waals surface area contributed by atoms with Crippen LogP contribution in [-0.4, -0.2) is 36.0 Å². The molecule has 15 heavy (non-hydrogen) atoms. The maximum Gasteiger partial charge on any atom is 0.237 e. The van der Waals surface area contributed by atoms with Crippen LogP contribution in [0.2, 0.25) is 0 Å². The Balaban J connectivity index is 2.05. The summed E-state index contributed by atoms with van der Waals surface area (Å²) < 4.78 is 0. The van der Waals surface area contributed by atoms with E-state index in [1.807, 2.05) is 0 Å². The molecule has 3 heteroatoms. The Labute approximate surface area is 91.5 Å². The largest absolute Gasteiger partial charge is 0.355 e. The second kappa shape index (κ2) is 4.79. The van der Waals surface area contributed by atoms with Crippen molar-refractivity contribution in [2.24, 2.45) is 0 Å². The van der Waals surface area contributed by atoms with Crippen LogP contribution in [0.1, 0.15) is 32.6 Å². The molecule has 84 valence electrons. The van der Waals surface area contributed by atoms with E-state index in [1.54, 1.807) is 0 Å². The first-order chi connectivity index (χ1) is 7.33. The lowest BCUT2D eigenvalue weighted by Gasteiger charge is -2.33. The molecule has 1 aliphatic heterocycles. The molecular weight excluding hydrogens is 188 g/mol. The number of allylic oxidation sites excluding steroid dienone is 1. The lowest BCUT2D eigenvalue weighted by molar-refractivity contribution is -0.124.